The van der Waals surface area contributed by atoms with Gasteiger partial charge in [0.1, 0.15) is 11.3 Å². The van der Waals surface area contributed by atoms with E-state index in [4.69, 9.17) is 9.22 Å². The van der Waals surface area contributed by atoms with Crippen molar-refractivity contribution in [2.24, 2.45) is 12.0 Å². The molecule has 0 unspecified atom stereocenters. The zero-order valence-electron chi connectivity index (χ0n) is 23.0. The van der Waals surface area contributed by atoms with Gasteiger partial charge < -0.3 is 18.8 Å². The molecule has 5 aromatic rings. The van der Waals surface area contributed by atoms with E-state index in [2.05, 4.69) is 35.7 Å². The molecule has 0 fully saturated rings. The average Bonchev–Trinajstić information content (AvgIpc) is 3.58. The summed E-state index contributed by atoms with van der Waals surface area (Å²) in [6, 6.07) is 12.5. The Bertz CT molecular complexity index is 1870. The molecule has 0 radical (unpaired) electrons. The third-order valence-corrected chi connectivity index (χ3v) is 6.38. The van der Waals surface area contributed by atoms with Gasteiger partial charge in [-0.3, -0.25) is 10.1 Å². The molecule has 2 heterocycles. The van der Waals surface area contributed by atoms with E-state index in [9.17, 15) is 31.1 Å². The summed E-state index contributed by atoms with van der Waals surface area (Å²) >= 11 is 0.770. The van der Waals surface area contributed by atoms with Crippen LogP contribution in [0.2, 0.25) is 0 Å². The van der Waals surface area contributed by atoms with E-state index in [1.165, 1.54) is 46.7 Å². The van der Waals surface area contributed by atoms with Crippen molar-refractivity contribution < 1.29 is 45.1 Å². The molecule has 19 heteroatoms. The van der Waals surface area contributed by atoms with Crippen molar-refractivity contribution in [1.29, 1.82) is 0 Å². The molecule has 1 amide bonds. The summed E-state index contributed by atoms with van der Waals surface area (Å²) < 4.78 is 91.5. The Labute approximate surface area is 252 Å². The number of amides is 1. The lowest BCUT2D eigenvalue weighted by Crippen LogP contribution is -2.24. The number of carbonyl (C=O) groups is 1. The summed E-state index contributed by atoms with van der Waals surface area (Å²) in [5.74, 6) is -1.22. The van der Waals surface area contributed by atoms with Gasteiger partial charge >= 0.3 is 12.5 Å². The lowest BCUT2D eigenvalue weighted by atomic mass is 10.1. The van der Waals surface area contributed by atoms with Gasteiger partial charge in [-0.15, -0.1) is 17.5 Å². The molecule has 0 saturated carbocycles. The highest BCUT2D eigenvalue weighted by atomic mass is 32.2. The molecule has 0 spiro atoms. The van der Waals surface area contributed by atoms with E-state index in [1.807, 2.05) is 0 Å². The Hall–Kier alpha value is -5.04. The third kappa shape index (κ3) is 7.37. The summed E-state index contributed by atoms with van der Waals surface area (Å²) in [6.45, 7) is -0.0382. The zero-order chi connectivity index (χ0) is 32.4. The highest BCUT2D eigenvalue weighted by Gasteiger charge is 2.33. The van der Waals surface area contributed by atoms with Crippen LogP contribution in [-0.4, -0.2) is 48.3 Å². The van der Waals surface area contributed by atoms with Crippen LogP contribution in [0, 0.1) is 0 Å². The van der Waals surface area contributed by atoms with Crippen LogP contribution in [0.3, 0.4) is 0 Å². The van der Waals surface area contributed by atoms with E-state index in [-0.39, 0.29) is 46.1 Å². The number of aromatic nitrogens is 6. The molecule has 12 nitrogen and oxygen atoms in total. The molecule has 0 aliphatic heterocycles. The van der Waals surface area contributed by atoms with Crippen molar-refractivity contribution in [3.8, 4) is 11.5 Å². The standard InChI is InChI=1S/C26H20F6N8O4S/c1-39-21-19(11-16(25(27,28)29)12-20(21)43-44-45-2)40(24(39)33-17-7-9-18(10-8-17)42-26(30,31)32)13-14-3-5-15(6-4-14)22(41)34-23-35-37-38-36-23/h3-12H,13H2,1-2H3,(H2,34,35,36,37,38,41). The van der Waals surface area contributed by atoms with Crippen molar-refractivity contribution in [2.75, 3.05) is 11.6 Å². The fourth-order valence-electron chi connectivity index (χ4n) is 4.29. The van der Waals surface area contributed by atoms with Crippen LogP contribution in [0.4, 0.5) is 38.0 Å². The first-order valence-corrected chi connectivity index (χ1v) is 13.7. The maximum absolute atomic E-state index is 14.0. The SMILES string of the molecule is CSOOc1cc(C(F)(F)F)cc2c1n(C)c(=Nc1ccc(OC(F)(F)F)cc1)n2Cc1ccc(C(=O)Nc2nnn[nH]2)cc1. The highest BCUT2D eigenvalue weighted by Crippen LogP contribution is 2.37. The number of imidazole rings is 1. The Morgan fingerprint density at radius 3 is 2.36 bits per heavy atom. The number of ether oxygens (including phenoxy) is 1. The van der Waals surface area contributed by atoms with Gasteiger partial charge in [-0.25, -0.2) is 10.1 Å². The highest BCUT2D eigenvalue weighted by molar-refractivity contribution is 7.93. The van der Waals surface area contributed by atoms with Crippen LogP contribution in [0.1, 0.15) is 21.5 Å². The number of benzene rings is 3. The van der Waals surface area contributed by atoms with Gasteiger partial charge in [0.15, 0.2) is 5.75 Å². The summed E-state index contributed by atoms with van der Waals surface area (Å²) in [5.41, 5.74) is 0.318. The number of tetrazole rings is 1. The minimum absolute atomic E-state index is 0.0311. The zero-order valence-corrected chi connectivity index (χ0v) is 23.8. The van der Waals surface area contributed by atoms with Crippen LogP contribution in [0.5, 0.6) is 11.5 Å². The number of aromatic amines is 1. The first-order valence-electron chi connectivity index (χ1n) is 12.5. The fraction of sp³-hybridized carbons (Fsp3) is 0.192. The van der Waals surface area contributed by atoms with E-state index < -0.39 is 29.8 Å². The van der Waals surface area contributed by atoms with E-state index in [0.29, 0.717) is 5.56 Å². The minimum atomic E-state index is -4.90. The molecule has 0 bridgehead atoms. The average molecular weight is 655 g/mol. The summed E-state index contributed by atoms with van der Waals surface area (Å²) in [7, 11) is 1.53. The number of anilines is 1. The molecule has 45 heavy (non-hydrogen) atoms. The molecular formula is C26H20F6N8O4S. The number of aryl methyl sites for hydroxylation is 1. The van der Waals surface area contributed by atoms with Gasteiger partial charge in [0.25, 0.3) is 5.91 Å². The van der Waals surface area contributed by atoms with Crippen molar-refractivity contribution in [3.05, 3.63) is 83.0 Å². The van der Waals surface area contributed by atoms with E-state index >= 15 is 0 Å². The lowest BCUT2D eigenvalue weighted by Gasteiger charge is -2.12. The normalized spacial score (nSPS) is 12.5. The predicted molar refractivity (Wildman–Crippen MR) is 147 cm³/mol. The topological polar surface area (TPSA) is 133 Å². The lowest BCUT2D eigenvalue weighted by molar-refractivity contribution is -0.274. The van der Waals surface area contributed by atoms with E-state index in [1.54, 1.807) is 12.1 Å². The first kappa shape index (κ1) is 31.4. The van der Waals surface area contributed by atoms with Crippen LogP contribution < -0.4 is 20.6 Å². The number of carbonyl (C=O) groups excluding carboxylic acids is 1. The number of rotatable bonds is 9. The minimum Gasteiger partial charge on any atom is -0.406 e. The number of halogens is 6. The van der Waals surface area contributed by atoms with Crippen LogP contribution in [0.25, 0.3) is 11.0 Å². The second kappa shape index (κ2) is 12.5. The fourth-order valence-corrected chi connectivity index (χ4v) is 4.43. The Kier molecular flexibility index (Phi) is 8.73. The predicted octanol–water partition coefficient (Wildman–Crippen LogP) is 5.53. The van der Waals surface area contributed by atoms with Gasteiger partial charge in [0, 0.05) is 30.9 Å². The molecule has 2 N–H and O–H groups in total. The largest absolute Gasteiger partial charge is 0.573 e. The first-order chi connectivity index (χ1) is 21.3. The van der Waals surface area contributed by atoms with Gasteiger partial charge in [0.05, 0.1) is 23.3 Å². The van der Waals surface area contributed by atoms with Gasteiger partial charge in [0.2, 0.25) is 11.6 Å². The van der Waals surface area contributed by atoms with Crippen molar-refractivity contribution in [3.63, 3.8) is 0 Å². The number of hydrogen-bond acceptors (Lipinski definition) is 9. The molecule has 0 atom stereocenters. The molecule has 236 valence electrons. The van der Waals surface area contributed by atoms with Gasteiger partial charge in [-0.2, -0.15) is 13.2 Å². The molecular weight excluding hydrogens is 634 g/mol. The molecule has 2 aromatic heterocycles. The summed E-state index contributed by atoms with van der Waals surface area (Å²) in [4.78, 5) is 22.3. The number of fused-ring (bicyclic) bond motifs is 1. The Balaban J connectivity index is 1.62. The van der Waals surface area contributed by atoms with Crippen LogP contribution in [-0.2, 0) is 24.1 Å². The van der Waals surface area contributed by atoms with Crippen molar-refractivity contribution in [1.82, 2.24) is 29.8 Å². The van der Waals surface area contributed by atoms with Crippen molar-refractivity contribution in [2.45, 2.75) is 19.1 Å². The molecule has 3 aromatic carbocycles. The molecule has 0 saturated heterocycles. The molecule has 5 rings (SSSR count). The van der Waals surface area contributed by atoms with Crippen LogP contribution >= 0.6 is 12.0 Å². The molecule has 0 aliphatic carbocycles. The third-order valence-electron chi connectivity index (χ3n) is 6.18. The second-order valence-electron chi connectivity index (χ2n) is 9.16. The number of hydrogen-bond donors (Lipinski definition) is 2. The van der Waals surface area contributed by atoms with Crippen molar-refractivity contribution >= 4 is 40.6 Å². The molecule has 0 aliphatic rings. The maximum Gasteiger partial charge on any atom is 0.573 e. The Morgan fingerprint density at radius 2 is 1.76 bits per heavy atom. The van der Waals surface area contributed by atoms with Gasteiger partial charge in [-0.1, -0.05) is 17.2 Å². The smallest absolute Gasteiger partial charge is 0.406 e. The monoisotopic (exact) mass is 654 g/mol. The van der Waals surface area contributed by atoms with E-state index in [0.717, 1.165) is 36.3 Å². The summed E-state index contributed by atoms with van der Waals surface area (Å²) in [5, 5.41) is 15.2. The quantitative estimate of drug-likeness (QED) is 0.0918. The number of alkyl halides is 6. The number of nitrogens with zero attached hydrogens (tertiary/aromatic N) is 6. The second-order valence-corrected chi connectivity index (χ2v) is 9.63. The summed E-state index contributed by atoms with van der Waals surface area (Å²) in [6.07, 6.45) is -8.14. The number of H-pyrrole nitrogens is 1. The van der Waals surface area contributed by atoms with Crippen LogP contribution in [0.15, 0.2) is 65.7 Å². The number of nitrogens with one attached hydrogen (secondary N) is 2. The van der Waals surface area contributed by atoms with Gasteiger partial charge in [-0.05, 0) is 64.5 Å². The maximum atomic E-state index is 14.0. The Morgan fingerprint density at radius 1 is 1.04 bits per heavy atom.